The van der Waals surface area contributed by atoms with Crippen LogP contribution >= 0.6 is 15.9 Å². The minimum atomic E-state index is -3.65. The zero-order valence-electron chi connectivity index (χ0n) is 12.3. The van der Waals surface area contributed by atoms with Gasteiger partial charge in [0, 0.05) is 16.7 Å². The van der Waals surface area contributed by atoms with Crippen molar-refractivity contribution >= 4 is 31.8 Å². The molecule has 0 aliphatic heterocycles. The zero-order chi connectivity index (χ0) is 15.6. The number of halogens is 1. The van der Waals surface area contributed by atoms with Crippen LogP contribution < -0.4 is 10.5 Å². The third-order valence-electron chi connectivity index (χ3n) is 4.12. The van der Waals surface area contributed by atoms with Gasteiger partial charge in [-0.3, -0.25) is 0 Å². The number of rotatable bonds is 4. The number of sulfonamides is 1. The van der Waals surface area contributed by atoms with Crippen molar-refractivity contribution in [3.63, 3.8) is 0 Å². The second-order valence-electron chi connectivity index (χ2n) is 5.96. The van der Waals surface area contributed by atoms with Gasteiger partial charge in [-0.25, -0.2) is 18.1 Å². The number of nitrogens with one attached hydrogen (secondary N) is 1. The van der Waals surface area contributed by atoms with Crippen molar-refractivity contribution in [3.8, 4) is 0 Å². The topological polar surface area (TPSA) is 85.1 Å². The molecule has 1 aromatic rings. The van der Waals surface area contributed by atoms with Crippen LogP contribution in [0.15, 0.2) is 21.6 Å². The molecule has 118 valence electrons. The molecule has 1 aliphatic rings. The first-order chi connectivity index (χ1) is 9.81. The molecule has 0 amide bonds. The molecule has 0 spiro atoms. The van der Waals surface area contributed by atoms with E-state index in [1.54, 1.807) is 0 Å². The Morgan fingerprint density at radius 1 is 1.38 bits per heavy atom. The summed E-state index contributed by atoms with van der Waals surface area (Å²) in [4.78, 5) is 3.95. The first-order valence-electron chi connectivity index (χ1n) is 7.24. The largest absolute Gasteiger partial charge is 0.383 e. The average molecular weight is 376 g/mol. The van der Waals surface area contributed by atoms with Gasteiger partial charge in [0.25, 0.3) is 0 Å². The number of hydrogen-bond donors (Lipinski definition) is 2. The van der Waals surface area contributed by atoms with Crippen molar-refractivity contribution in [2.24, 2.45) is 11.8 Å². The number of anilines is 1. The van der Waals surface area contributed by atoms with Gasteiger partial charge < -0.3 is 5.73 Å². The molecule has 1 aliphatic carbocycles. The number of nitrogens with two attached hydrogens (primary N) is 1. The van der Waals surface area contributed by atoms with Crippen LogP contribution in [-0.4, -0.2) is 19.4 Å². The quantitative estimate of drug-likeness (QED) is 0.846. The summed E-state index contributed by atoms with van der Waals surface area (Å²) in [6, 6.07) is 1.47. The Kier molecular flexibility index (Phi) is 5.27. The van der Waals surface area contributed by atoms with Gasteiger partial charge in [-0.1, -0.05) is 26.7 Å². The highest BCUT2D eigenvalue weighted by molar-refractivity contribution is 9.10. The monoisotopic (exact) mass is 375 g/mol. The van der Waals surface area contributed by atoms with E-state index in [9.17, 15) is 8.42 Å². The standard InChI is InChI=1S/C14H22BrN3O2S/c1-9(2)11-5-3-4-6-12(11)18-21(19,20)13-7-10(15)8-17-14(13)16/h7-9,11-12,18H,3-6H2,1-2H3,(H2,16,17). The van der Waals surface area contributed by atoms with Gasteiger partial charge in [-0.05, 0) is 46.7 Å². The first kappa shape index (κ1) is 16.7. The van der Waals surface area contributed by atoms with Crippen LogP contribution in [0.25, 0.3) is 0 Å². The maximum Gasteiger partial charge on any atom is 0.244 e. The SMILES string of the molecule is CC(C)C1CCCCC1NS(=O)(=O)c1cc(Br)cnc1N. The Bertz CT molecular complexity index is 604. The van der Waals surface area contributed by atoms with E-state index in [-0.39, 0.29) is 16.8 Å². The van der Waals surface area contributed by atoms with Crippen LogP contribution in [0.5, 0.6) is 0 Å². The van der Waals surface area contributed by atoms with Crippen LogP contribution in [0.3, 0.4) is 0 Å². The predicted molar refractivity (Wildman–Crippen MR) is 87.3 cm³/mol. The molecule has 0 radical (unpaired) electrons. The average Bonchev–Trinajstić information content (AvgIpc) is 2.41. The summed E-state index contributed by atoms with van der Waals surface area (Å²) in [7, 11) is -3.65. The van der Waals surface area contributed by atoms with Gasteiger partial charge in [-0.15, -0.1) is 0 Å². The molecule has 21 heavy (non-hydrogen) atoms. The van der Waals surface area contributed by atoms with Crippen molar-refractivity contribution in [1.29, 1.82) is 0 Å². The van der Waals surface area contributed by atoms with Gasteiger partial charge in [0.15, 0.2) is 0 Å². The number of hydrogen-bond acceptors (Lipinski definition) is 4. The minimum Gasteiger partial charge on any atom is -0.383 e. The van der Waals surface area contributed by atoms with Crippen molar-refractivity contribution in [2.75, 3.05) is 5.73 Å². The van der Waals surface area contributed by atoms with E-state index in [0.29, 0.717) is 16.3 Å². The normalized spacial score (nSPS) is 23.4. The van der Waals surface area contributed by atoms with Crippen LogP contribution in [0.4, 0.5) is 5.82 Å². The van der Waals surface area contributed by atoms with E-state index in [1.165, 1.54) is 18.7 Å². The maximum atomic E-state index is 12.6. The van der Waals surface area contributed by atoms with Gasteiger partial charge >= 0.3 is 0 Å². The van der Waals surface area contributed by atoms with E-state index in [2.05, 4.69) is 39.5 Å². The predicted octanol–water partition coefficient (Wildman–Crippen LogP) is 2.92. The van der Waals surface area contributed by atoms with Crippen LogP contribution in [0, 0.1) is 11.8 Å². The van der Waals surface area contributed by atoms with E-state index < -0.39 is 10.0 Å². The first-order valence-corrected chi connectivity index (χ1v) is 9.52. The fourth-order valence-electron chi connectivity index (χ4n) is 3.01. The Morgan fingerprint density at radius 3 is 2.71 bits per heavy atom. The lowest BCUT2D eigenvalue weighted by Crippen LogP contribution is -2.44. The molecule has 0 bridgehead atoms. The highest BCUT2D eigenvalue weighted by Crippen LogP contribution is 2.31. The summed E-state index contributed by atoms with van der Waals surface area (Å²) in [5, 5.41) is 0. The van der Waals surface area contributed by atoms with E-state index in [1.807, 2.05) is 0 Å². The second kappa shape index (κ2) is 6.62. The lowest BCUT2D eigenvalue weighted by Gasteiger charge is -2.34. The number of nitrogens with zero attached hydrogens (tertiary/aromatic N) is 1. The molecule has 0 aromatic carbocycles. The third kappa shape index (κ3) is 3.96. The molecule has 3 N–H and O–H groups in total. The molecule has 1 saturated carbocycles. The summed E-state index contributed by atoms with van der Waals surface area (Å²) in [5.41, 5.74) is 5.72. The summed E-state index contributed by atoms with van der Waals surface area (Å²) in [6.07, 6.45) is 5.66. The molecule has 1 fully saturated rings. The molecule has 2 rings (SSSR count). The smallest absolute Gasteiger partial charge is 0.244 e. The summed E-state index contributed by atoms with van der Waals surface area (Å²) < 4.78 is 28.6. The van der Waals surface area contributed by atoms with Gasteiger partial charge in [-0.2, -0.15) is 0 Å². The number of aromatic nitrogens is 1. The van der Waals surface area contributed by atoms with Crippen molar-refractivity contribution < 1.29 is 8.42 Å². The van der Waals surface area contributed by atoms with Crippen molar-refractivity contribution in [2.45, 2.75) is 50.5 Å². The zero-order valence-corrected chi connectivity index (χ0v) is 14.7. The summed E-state index contributed by atoms with van der Waals surface area (Å²) in [5.74, 6) is 0.855. The number of pyridine rings is 1. The molecule has 0 saturated heterocycles. The highest BCUT2D eigenvalue weighted by Gasteiger charge is 2.32. The van der Waals surface area contributed by atoms with Gasteiger partial charge in [0.2, 0.25) is 10.0 Å². The maximum absolute atomic E-state index is 12.6. The molecule has 1 aromatic heterocycles. The molecular formula is C14H22BrN3O2S. The fourth-order valence-corrected chi connectivity index (χ4v) is 4.92. The van der Waals surface area contributed by atoms with Crippen molar-refractivity contribution in [3.05, 3.63) is 16.7 Å². The van der Waals surface area contributed by atoms with Gasteiger partial charge in [0.05, 0.1) is 0 Å². The van der Waals surface area contributed by atoms with E-state index >= 15 is 0 Å². The summed E-state index contributed by atoms with van der Waals surface area (Å²) in [6.45, 7) is 4.29. The Hall–Kier alpha value is -0.660. The molecule has 5 nitrogen and oxygen atoms in total. The van der Waals surface area contributed by atoms with E-state index in [0.717, 1.165) is 19.3 Å². The molecule has 1 heterocycles. The Labute approximate surface area is 134 Å². The highest BCUT2D eigenvalue weighted by atomic mass is 79.9. The summed E-state index contributed by atoms with van der Waals surface area (Å²) >= 11 is 3.24. The molecule has 7 heteroatoms. The van der Waals surface area contributed by atoms with Crippen LogP contribution in [0.2, 0.25) is 0 Å². The Balaban J connectivity index is 2.25. The van der Waals surface area contributed by atoms with Gasteiger partial charge in [0.1, 0.15) is 10.7 Å². The lowest BCUT2D eigenvalue weighted by molar-refractivity contribution is 0.226. The van der Waals surface area contributed by atoms with Crippen LogP contribution in [0.1, 0.15) is 39.5 Å². The third-order valence-corrected chi connectivity index (χ3v) is 6.07. The molecule has 2 atom stereocenters. The fraction of sp³-hybridized carbons (Fsp3) is 0.643. The minimum absolute atomic E-state index is 0.0258. The Morgan fingerprint density at radius 2 is 2.05 bits per heavy atom. The second-order valence-corrected chi connectivity index (χ2v) is 8.56. The van der Waals surface area contributed by atoms with E-state index in [4.69, 9.17) is 5.73 Å². The lowest BCUT2D eigenvalue weighted by atomic mass is 9.78. The number of nitrogen functional groups attached to an aromatic ring is 1. The van der Waals surface area contributed by atoms with Crippen LogP contribution in [-0.2, 0) is 10.0 Å². The van der Waals surface area contributed by atoms with Crippen molar-refractivity contribution in [1.82, 2.24) is 9.71 Å². The molecular weight excluding hydrogens is 354 g/mol. The molecule has 2 unspecified atom stereocenters.